The Labute approximate surface area is 97.3 Å². The van der Waals surface area contributed by atoms with Gasteiger partial charge in [0.25, 0.3) is 0 Å². The van der Waals surface area contributed by atoms with E-state index in [1.165, 1.54) is 18.5 Å². The number of hydrogen-bond donors (Lipinski definition) is 2. The van der Waals surface area contributed by atoms with Crippen LogP contribution in [0, 0.1) is 0 Å². The van der Waals surface area contributed by atoms with Gasteiger partial charge >= 0.3 is 5.97 Å². The van der Waals surface area contributed by atoms with Crippen molar-refractivity contribution in [2.75, 3.05) is 0 Å². The largest absolute Gasteiger partial charge is 0.478 e. The van der Waals surface area contributed by atoms with Crippen molar-refractivity contribution in [3.63, 3.8) is 0 Å². The highest BCUT2D eigenvalue weighted by Crippen LogP contribution is 2.01. The monoisotopic (exact) mass is 233 g/mol. The van der Waals surface area contributed by atoms with Crippen molar-refractivity contribution in [2.45, 2.75) is 13.1 Å². The fourth-order valence-corrected chi connectivity index (χ4v) is 1.30. The average Bonchev–Trinajstić information content (AvgIpc) is 2.83. The number of carbonyl (C=O) groups is 1. The van der Waals surface area contributed by atoms with Crippen LogP contribution in [0.15, 0.2) is 35.2 Å². The summed E-state index contributed by atoms with van der Waals surface area (Å²) in [6.45, 7) is 1.13. The fraction of sp³-hybridized carbons (Fsp3) is 0.182. The van der Waals surface area contributed by atoms with Crippen LogP contribution in [-0.2, 0) is 13.1 Å². The molecule has 17 heavy (non-hydrogen) atoms. The number of aromatic carboxylic acids is 1. The van der Waals surface area contributed by atoms with Gasteiger partial charge in [-0.05, 0) is 12.1 Å². The van der Waals surface area contributed by atoms with Gasteiger partial charge in [0.15, 0.2) is 0 Å². The first-order valence-electron chi connectivity index (χ1n) is 5.04. The van der Waals surface area contributed by atoms with Crippen LogP contribution >= 0.6 is 0 Å². The number of aromatic nitrogens is 2. The molecule has 0 fully saturated rings. The summed E-state index contributed by atoms with van der Waals surface area (Å²) in [4.78, 5) is 14.6. The minimum Gasteiger partial charge on any atom is -0.478 e. The highest BCUT2D eigenvalue weighted by Gasteiger charge is 2.03. The molecule has 6 heteroatoms. The van der Waals surface area contributed by atoms with Crippen LogP contribution in [0.5, 0.6) is 0 Å². The minimum atomic E-state index is -0.973. The lowest BCUT2D eigenvalue weighted by Gasteiger charge is -2.02. The molecule has 0 bridgehead atoms. The van der Waals surface area contributed by atoms with E-state index in [4.69, 9.17) is 5.11 Å². The van der Waals surface area contributed by atoms with E-state index in [1.807, 2.05) is 0 Å². The molecule has 2 aromatic heterocycles. The molecule has 0 spiro atoms. The summed E-state index contributed by atoms with van der Waals surface area (Å²) < 4.78 is 4.69. The van der Waals surface area contributed by atoms with E-state index in [2.05, 4.69) is 20.0 Å². The first kappa shape index (κ1) is 11.3. The van der Waals surface area contributed by atoms with Gasteiger partial charge in [-0.2, -0.15) is 0 Å². The Bertz CT molecular complexity index is 479. The zero-order chi connectivity index (χ0) is 12.1. The third kappa shape index (κ3) is 3.12. The molecule has 0 saturated heterocycles. The molecule has 0 aliphatic heterocycles. The summed E-state index contributed by atoms with van der Waals surface area (Å²) in [5.41, 5.74) is 1.77. The van der Waals surface area contributed by atoms with Crippen LogP contribution in [0.2, 0.25) is 0 Å². The van der Waals surface area contributed by atoms with E-state index in [0.717, 1.165) is 11.4 Å². The quantitative estimate of drug-likeness (QED) is 0.802. The van der Waals surface area contributed by atoms with E-state index in [9.17, 15) is 4.79 Å². The molecule has 2 aromatic rings. The smallest absolute Gasteiger partial charge is 0.337 e. The molecule has 0 atom stereocenters. The second-order valence-corrected chi connectivity index (χ2v) is 3.44. The molecule has 2 rings (SSSR count). The summed E-state index contributed by atoms with van der Waals surface area (Å²) in [5.74, 6) is -0.973. The molecule has 0 amide bonds. The van der Waals surface area contributed by atoms with Gasteiger partial charge in [0.05, 0.1) is 17.0 Å². The summed E-state index contributed by atoms with van der Waals surface area (Å²) in [6, 6.07) is 4.98. The van der Waals surface area contributed by atoms with Gasteiger partial charge in [0.2, 0.25) is 0 Å². The van der Waals surface area contributed by atoms with Crippen molar-refractivity contribution in [1.29, 1.82) is 0 Å². The summed E-state index contributed by atoms with van der Waals surface area (Å²) in [6.07, 6.45) is 2.85. The zero-order valence-electron chi connectivity index (χ0n) is 8.96. The van der Waals surface area contributed by atoms with Gasteiger partial charge in [0.1, 0.15) is 6.26 Å². The maximum absolute atomic E-state index is 10.6. The van der Waals surface area contributed by atoms with E-state index >= 15 is 0 Å². The van der Waals surface area contributed by atoms with E-state index < -0.39 is 5.97 Å². The number of nitrogens with zero attached hydrogens (tertiary/aromatic N) is 2. The van der Waals surface area contributed by atoms with Gasteiger partial charge in [-0.1, -0.05) is 5.16 Å². The minimum absolute atomic E-state index is 0.185. The first-order chi connectivity index (χ1) is 8.25. The number of pyridine rings is 1. The second kappa shape index (κ2) is 5.22. The number of nitrogens with one attached hydrogen (secondary N) is 1. The van der Waals surface area contributed by atoms with Crippen molar-refractivity contribution in [1.82, 2.24) is 15.5 Å². The SMILES string of the molecule is O=C(O)c1ccc(CNCc2ccon2)nc1. The molecule has 0 aromatic carbocycles. The third-order valence-corrected chi connectivity index (χ3v) is 2.18. The first-order valence-corrected chi connectivity index (χ1v) is 5.04. The van der Waals surface area contributed by atoms with Crippen LogP contribution in [0.1, 0.15) is 21.7 Å². The maximum Gasteiger partial charge on any atom is 0.337 e. The molecule has 6 nitrogen and oxygen atoms in total. The van der Waals surface area contributed by atoms with Crippen molar-refractivity contribution in [2.24, 2.45) is 0 Å². The lowest BCUT2D eigenvalue weighted by molar-refractivity contribution is 0.0696. The van der Waals surface area contributed by atoms with Gasteiger partial charge in [0, 0.05) is 25.4 Å². The maximum atomic E-state index is 10.6. The molecule has 0 unspecified atom stereocenters. The number of hydrogen-bond acceptors (Lipinski definition) is 5. The predicted molar refractivity (Wildman–Crippen MR) is 58.2 cm³/mol. The van der Waals surface area contributed by atoms with Gasteiger partial charge in [-0.3, -0.25) is 4.98 Å². The molecule has 2 N–H and O–H groups in total. The molecule has 0 saturated carbocycles. The normalized spacial score (nSPS) is 10.4. The lowest BCUT2D eigenvalue weighted by Crippen LogP contribution is -2.14. The summed E-state index contributed by atoms with van der Waals surface area (Å²) in [5, 5.41) is 15.6. The van der Waals surface area contributed by atoms with Crippen LogP contribution in [0.4, 0.5) is 0 Å². The Balaban J connectivity index is 1.85. The molecular weight excluding hydrogens is 222 g/mol. The average molecular weight is 233 g/mol. The highest BCUT2D eigenvalue weighted by molar-refractivity contribution is 5.87. The Morgan fingerprint density at radius 2 is 2.12 bits per heavy atom. The van der Waals surface area contributed by atoms with Crippen molar-refractivity contribution in [3.05, 3.63) is 47.6 Å². The topological polar surface area (TPSA) is 88.2 Å². The Kier molecular flexibility index (Phi) is 3.46. The van der Waals surface area contributed by atoms with E-state index in [0.29, 0.717) is 13.1 Å². The van der Waals surface area contributed by atoms with E-state index in [-0.39, 0.29) is 5.56 Å². The van der Waals surface area contributed by atoms with Crippen LogP contribution in [0.3, 0.4) is 0 Å². The molecule has 0 aliphatic carbocycles. The molecule has 88 valence electrons. The number of carboxylic acids is 1. The standard InChI is InChI=1S/C11H11N3O3/c15-11(16)8-1-2-9(13-5-8)6-12-7-10-3-4-17-14-10/h1-5,12H,6-7H2,(H,15,16). The van der Waals surface area contributed by atoms with Crippen molar-refractivity contribution >= 4 is 5.97 Å². The third-order valence-electron chi connectivity index (χ3n) is 2.18. The Hall–Kier alpha value is -2.21. The summed E-state index contributed by atoms with van der Waals surface area (Å²) >= 11 is 0. The van der Waals surface area contributed by atoms with Crippen LogP contribution in [0.25, 0.3) is 0 Å². The zero-order valence-corrected chi connectivity index (χ0v) is 8.96. The van der Waals surface area contributed by atoms with Crippen LogP contribution in [-0.4, -0.2) is 21.2 Å². The van der Waals surface area contributed by atoms with Gasteiger partial charge < -0.3 is 14.9 Å². The molecule has 2 heterocycles. The van der Waals surface area contributed by atoms with Crippen molar-refractivity contribution < 1.29 is 14.4 Å². The molecule has 0 aliphatic rings. The lowest BCUT2D eigenvalue weighted by atomic mass is 10.2. The second-order valence-electron chi connectivity index (χ2n) is 3.44. The van der Waals surface area contributed by atoms with Gasteiger partial charge in [-0.15, -0.1) is 0 Å². The fourth-order valence-electron chi connectivity index (χ4n) is 1.30. The van der Waals surface area contributed by atoms with Crippen LogP contribution < -0.4 is 5.32 Å². The molecule has 0 radical (unpaired) electrons. The number of carboxylic acid groups (broad SMARTS) is 1. The Morgan fingerprint density at radius 1 is 1.29 bits per heavy atom. The Morgan fingerprint density at radius 3 is 2.71 bits per heavy atom. The summed E-state index contributed by atoms with van der Waals surface area (Å²) in [7, 11) is 0. The van der Waals surface area contributed by atoms with E-state index in [1.54, 1.807) is 12.1 Å². The highest BCUT2D eigenvalue weighted by atomic mass is 16.5. The predicted octanol–water partition coefficient (Wildman–Crippen LogP) is 1.06. The van der Waals surface area contributed by atoms with Crippen molar-refractivity contribution in [3.8, 4) is 0 Å². The molecular formula is C11H11N3O3. The van der Waals surface area contributed by atoms with Gasteiger partial charge in [-0.25, -0.2) is 4.79 Å². The number of rotatable bonds is 5.